The second kappa shape index (κ2) is 6.11. The van der Waals surface area contributed by atoms with E-state index in [1.807, 2.05) is 20.8 Å². The first kappa shape index (κ1) is 17.3. The van der Waals surface area contributed by atoms with Crippen molar-refractivity contribution in [3.63, 3.8) is 0 Å². The Morgan fingerprint density at radius 3 is 2.71 bits per heavy atom. The first-order chi connectivity index (χ1) is 11.2. The summed E-state index contributed by atoms with van der Waals surface area (Å²) in [5.41, 5.74) is 6.21. The summed E-state index contributed by atoms with van der Waals surface area (Å²) in [6, 6.07) is -0.385. The molecule has 2 aromatic rings. The number of nitrogens with two attached hydrogens (primary N) is 1. The number of aliphatic hydroxyl groups excluding tert-OH is 2. The maximum Gasteiger partial charge on any atom is 0.223 e. The summed E-state index contributed by atoms with van der Waals surface area (Å²) in [5, 5.41) is 21.0. The normalized spacial score (nSPS) is 27.9. The van der Waals surface area contributed by atoms with Gasteiger partial charge in [-0.3, -0.25) is 0 Å². The molecule has 0 amide bonds. The largest absolute Gasteiger partial charge is 0.390 e. The van der Waals surface area contributed by atoms with Crippen LogP contribution < -0.4 is 5.73 Å². The number of aromatic nitrogens is 4. The van der Waals surface area contributed by atoms with Crippen LogP contribution in [-0.2, 0) is 4.74 Å². The van der Waals surface area contributed by atoms with Crippen LogP contribution in [0.25, 0.3) is 11.2 Å². The van der Waals surface area contributed by atoms with Gasteiger partial charge in [0, 0.05) is 5.92 Å². The molecule has 9 heteroatoms. The van der Waals surface area contributed by atoms with Gasteiger partial charge in [0.2, 0.25) is 5.95 Å². The van der Waals surface area contributed by atoms with E-state index in [0.717, 1.165) is 0 Å². The third kappa shape index (κ3) is 3.19. The predicted molar refractivity (Wildman–Crippen MR) is 89.6 cm³/mol. The summed E-state index contributed by atoms with van der Waals surface area (Å²) >= 11 is 6.04. The van der Waals surface area contributed by atoms with Crippen LogP contribution in [0.5, 0.6) is 0 Å². The van der Waals surface area contributed by atoms with Crippen LogP contribution in [0, 0.1) is 5.92 Å². The minimum atomic E-state index is -0.953. The van der Waals surface area contributed by atoms with Gasteiger partial charge in [-0.25, -0.2) is 4.98 Å². The Hall–Kier alpha value is -1.48. The second-order valence-electron chi connectivity index (χ2n) is 7.16. The Kier molecular flexibility index (Phi) is 4.41. The van der Waals surface area contributed by atoms with Gasteiger partial charge in [0.15, 0.2) is 10.8 Å². The van der Waals surface area contributed by atoms with Crippen molar-refractivity contribution in [1.82, 2.24) is 19.5 Å². The molecule has 8 nitrogen and oxygen atoms in total. The molecule has 1 aliphatic carbocycles. The Morgan fingerprint density at radius 2 is 2.04 bits per heavy atom. The molecule has 0 unspecified atom stereocenters. The van der Waals surface area contributed by atoms with E-state index >= 15 is 0 Å². The van der Waals surface area contributed by atoms with Gasteiger partial charge in [0.05, 0.1) is 30.7 Å². The van der Waals surface area contributed by atoms with Crippen molar-refractivity contribution >= 4 is 28.7 Å². The minimum Gasteiger partial charge on any atom is -0.390 e. The lowest BCUT2D eigenvalue weighted by molar-refractivity contribution is -0.0569. The molecule has 24 heavy (non-hydrogen) atoms. The SMILES string of the molecule is CC(C)(C)OC[C@@H]1C[C@H](n2cnc3c(Cl)nc(N)nc32)[C@@H](O)[C@H]1O. The highest BCUT2D eigenvalue weighted by molar-refractivity contribution is 6.33. The molecule has 0 bridgehead atoms. The molecular formula is C15H22ClN5O3. The van der Waals surface area contributed by atoms with Gasteiger partial charge in [-0.2, -0.15) is 9.97 Å². The standard InChI is InChI=1S/C15H22ClN5O3/c1-15(2,3)24-5-7-4-8(11(23)10(7)22)21-6-18-9-12(16)19-14(17)20-13(9)21/h6-8,10-11,22-23H,4-5H2,1-3H3,(H2,17,19,20)/t7-,8-,10-,11+/m0/s1. The van der Waals surface area contributed by atoms with Crippen molar-refractivity contribution in [2.45, 2.75) is 51.0 Å². The lowest BCUT2D eigenvalue weighted by Crippen LogP contribution is -2.32. The number of imidazole rings is 1. The van der Waals surface area contributed by atoms with Gasteiger partial charge in [-0.1, -0.05) is 11.6 Å². The van der Waals surface area contributed by atoms with Crippen LogP contribution in [0.3, 0.4) is 0 Å². The molecule has 0 radical (unpaired) electrons. The fourth-order valence-corrected chi connectivity index (χ4v) is 3.26. The van der Waals surface area contributed by atoms with Gasteiger partial charge in [0.25, 0.3) is 0 Å². The number of anilines is 1. The zero-order valence-electron chi connectivity index (χ0n) is 13.8. The number of fused-ring (bicyclic) bond motifs is 1. The highest BCUT2D eigenvalue weighted by atomic mass is 35.5. The first-order valence-corrected chi connectivity index (χ1v) is 8.21. The van der Waals surface area contributed by atoms with Crippen molar-refractivity contribution in [2.75, 3.05) is 12.3 Å². The highest BCUT2D eigenvalue weighted by Gasteiger charge is 2.43. The number of hydrogen-bond donors (Lipinski definition) is 3. The Balaban J connectivity index is 1.87. The number of hydrogen-bond acceptors (Lipinski definition) is 7. The molecule has 1 aliphatic rings. The molecular weight excluding hydrogens is 334 g/mol. The van der Waals surface area contributed by atoms with Gasteiger partial charge in [-0.05, 0) is 27.2 Å². The number of rotatable bonds is 3. The lowest BCUT2D eigenvalue weighted by atomic mass is 10.1. The van der Waals surface area contributed by atoms with E-state index in [1.165, 1.54) is 6.33 Å². The maximum absolute atomic E-state index is 10.5. The molecule has 0 spiro atoms. The van der Waals surface area contributed by atoms with Crippen LogP contribution in [0.4, 0.5) is 5.95 Å². The van der Waals surface area contributed by atoms with Gasteiger partial charge in [0.1, 0.15) is 11.6 Å². The molecule has 4 N–H and O–H groups in total. The summed E-state index contributed by atoms with van der Waals surface area (Å²) in [6.07, 6.45) is 0.235. The van der Waals surface area contributed by atoms with Crippen molar-refractivity contribution in [3.05, 3.63) is 11.5 Å². The Bertz CT molecular complexity index is 745. The molecule has 2 aromatic heterocycles. The summed E-state index contributed by atoms with van der Waals surface area (Å²) in [4.78, 5) is 12.2. The zero-order chi connectivity index (χ0) is 17.6. The molecule has 0 aromatic carbocycles. The van der Waals surface area contributed by atoms with E-state index in [9.17, 15) is 10.2 Å². The smallest absolute Gasteiger partial charge is 0.223 e. The lowest BCUT2D eigenvalue weighted by Gasteiger charge is -2.23. The van der Waals surface area contributed by atoms with Crippen molar-refractivity contribution in [2.24, 2.45) is 5.92 Å². The molecule has 4 atom stereocenters. The molecule has 2 heterocycles. The van der Waals surface area contributed by atoms with E-state index in [2.05, 4.69) is 15.0 Å². The second-order valence-corrected chi connectivity index (χ2v) is 7.52. The van der Waals surface area contributed by atoms with Crippen LogP contribution in [0.15, 0.2) is 6.33 Å². The number of nitrogens with zero attached hydrogens (tertiary/aromatic N) is 4. The fraction of sp³-hybridized carbons (Fsp3) is 0.667. The third-order valence-electron chi connectivity index (χ3n) is 4.26. The van der Waals surface area contributed by atoms with Gasteiger partial charge in [-0.15, -0.1) is 0 Å². The number of aliphatic hydroxyl groups is 2. The maximum atomic E-state index is 10.5. The van der Waals surface area contributed by atoms with E-state index < -0.39 is 12.2 Å². The quantitative estimate of drug-likeness (QED) is 0.706. The number of nitrogen functional groups attached to an aromatic ring is 1. The Morgan fingerprint density at radius 1 is 1.33 bits per heavy atom. The fourth-order valence-electron chi connectivity index (χ4n) is 3.04. The zero-order valence-corrected chi connectivity index (χ0v) is 14.6. The molecule has 3 rings (SSSR count). The molecule has 1 fully saturated rings. The van der Waals surface area contributed by atoms with Crippen molar-refractivity contribution in [3.8, 4) is 0 Å². The van der Waals surface area contributed by atoms with Crippen LogP contribution >= 0.6 is 11.6 Å². The first-order valence-electron chi connectivity index (χ1n) is 7.83. The number of ether oxygens (including phenoxy) is 1. The van der Waals surface area contributed by atoms with E-state index in [0.29, 0.717) is 24.2 Å². The molecule has 1 saturated carbocycles. The van der Waals surface area contributed by atoms with E-state index in [4.69, 9.17) is 22.1 Å². The molecule has 132 valence electrons. The summed E-state index contributed by atoms with van der Waals surface area (Å²) < 4.78 is 7.46. The average molecular weight is 356 g/mol. The summed E-state index contributed by atoms with van der Waals surface area (Å²) in [5.74, 6) is -0.147. The summed E-state index contributed by atoms with van der Waals surface area (Å²) in [7, 11) is 0. The number of halogens is 1. The van der Waals surface area contributed by atoms with E-state index in [-0.39, 0.29) is 28.7 Å². The van der Waals surface area contributed by atoms with Crippen LogP contribution in [0.2, 0.25) is 5.15 Å². The predicted octanol–water partition coefficient (Wildman–Crippen LogP) is 1.16. The monoisotopic (exact) mass is 355 g/mol. The highest BCUT2D eigenvalue weighted by Crippen LogP contribution is 2.38. The minimum absolute atomic E-state index is 0.0369. The third-order valence-corrected chi connectivity index (χ3v) is 4.52. The molecule has 0 saturated heterocycles. The van der Waals surface area contributed by atoms with Gasteiger partial charge < -0.3 is 25.3 Å². The summed E-state index contributed by atoms with van der Waals surface area (Å²) in [6.45, 7) is 6.22. The molecule has 0 aliphatic heterocycles. The van der Waals surface area contributed by atoms with Gasteiger partial charge >= 0.3 is 0 Å². The van der Waals surface area contributed by atoms with Crippen LogP contribution in [-0.4, -0.2) is 54.1 Å². The topological polar surface area (TPSA) is 119 Å². The average Bonchev–Trinajstić information content (AvgIpc) is 3.00. The van der Waals surface area contributed by atoms with Crippen molar-refractivity contribution < 1.29 is 14.9 Å². The Labute approximate surface area is 144 Å². The van der Waals surface area contributed by atoms with E-state index in [1.54, 1.807) is 4.57 Å². The van der Waals surface area contributed by atoms with Crippen LogP contribution in [0.1, 0.15) is 33.2 Å². The van der Waals surface area contributed by atoms with Crippen molar-refractivity contribution in [1.29, 1.82) is 0 Å².